The molecular formula is C13H11F3N2O3. The minimum atomic E-state index is -4.76. The SMILES string of the molecule is CC(O)=C(C#N)C(=O)NOC(c1ccccc1)C(F)(F)F. The minimum absolute atomic E-state index is 0.214. The van der Waals surface area contributed by atoms with Crippen LogP contribution in [-0.2, 0) is 9.63 Å². The molecule has 2 N–H and O–H groups in total. The number of amides is 1. The third kappa shape index (κ3) is 4.50. The fraction of sp³-hybridized carbons (Fsp3) is 0.231. The Balaban J connectivity index is 2.89. The van der Waals surface area contributed by atoms with E-state index in [1.165, 1.54) is 41.9 Å². The Bertz CT molecular complexity index is 573. The summed E-state index contributed by atoms with van der Waals surface area (Å²) < 4.78 is 38.7. The van der Waals surface area contributed by atoms with E-state index in [-0.39, 0.29) is 5.56 Å². The van der Waals surface area contributed by atoms with Gasteiger partial charge in [0.05, 0.1) is 0 Å². The van der Waals surface area contributed by atoms with Crippen LogP contribution in [0.15, 0.2) is 41.7 Å². The zero-order valence-electron chi connectivity index (χ0n) is 10.8. The van der Waals surface area contributed by atoms with Crippen LogP contribution in [0.1, 0.15) is 18.6 Å². The normalized spacial score (nSPS) is 13.9. The number of nitriles is 1. The van der Waals surface area contributed by atoms with Crippen LogP contribution in [0.2, 0.25) is 0 Å². The molecule has 0 fully saturated rings. The number of alkyl halides is 3. The molecule has 0 saturated heterocycles. The Morgan fingerprint density at radius 1 is 1.38 bits per heavy atom. The van der Waals surface area contributed by atoms with Crippen LogP contribution in [0.25, 0.3) is 0 Å². The van der Waals surface area contributed by atoms with Crippen molar-refractivity contribution in [1.29, 1.82) is 5.26 Å². The van der Waals surface area contributed by atoms with Gasteiger partial charge in [-0.15, -0.1) is 0 Å². The van der Waals surface area contributed by atoms with E-state index in [2.05, 4.69) is 4.84 Å². The maximum absolute atomic E-state index is 12.9. The molecule has 0 aliphatic heterocycles. The van der Waals surface area contributed by atoms with Gasteiger partial charge in [-0.2, -0.15) is 18.4 Å². The molecule has 0 heterocycles. The van der Waals surface area contributed by atoms with Gasteiger partial charge in [-0.05, 0) is 12.5 Å². The van der Waals surface area contributed by atoms with E-state index in [0.717, 1.165) is 6.92 Å². The highest BCUT2D eigenvalue weighted by molar-refractivity contribution is 5.96. The number of aliphatic hydroxyl groups is 1. The van der Waals surface area contributed by atoms with Gasteiger partial charge in [0.15, 0.2) is 5.57 Å². The second-order valence-corrected chi connectivity index (χ2v) is 3.95. The highest BCUT2D eigenvalue weighted by Crippen LogP contribution is 2.34. The molecule has 0 spiro atoms. The molecule has 0 aliphatic rings. The van der Waals surface area contributed by atoms with Gasteiger partial charge in [-0.1, -0.05) is 30.3 Å². The Morgan fingerprint density at radius 2 is 1.95 bits per heavy atom. The van der Waals surface area contributed by atoms with Crippen LogP contribution < -0.4 is 5.48 Å². The van der Waals surface area contributed by atoms with Crippen molar-refractivity contribution in [2.75, 3.05) is 0 Å². The number of nitrogens with one attached hydrogen (secondary N) is 1. The number of nitrogens with zero attached hydrogens (tertiary/aromatic N) is 1. The molecule has 0 aromatic heterocycles. The number of hydrogen-bond donors (Lipinski definition) is 2. The van der Waals surface area contributed by atoms with Gasteiger partial charge in [0.2, 0.25) is 6.10 Å². The van der Waals surface area contributed by atoms with Crippen LogP contribution in [0.4, 0.5) is 13.2 Å². The van der Waals surface area contributed by atoms with E-state index >= 15 is 0 Å². The third-order valence-corrected chi connectivity index (χ3v) is 2.37. The lowest BCUT2D eigenvalue weighted by atomic mass is 10.1. The number of halogens is 3. The molecule has 0 saturated carbocycles. The predicted octanol–water partition coefficient (Wildman–Crippen LogP) is 2.69. The zero-order valence-corrected chi connectivity index (χ0v) is 10.8. The van der Waals surface area contributed by atoms with Gasteiger partial charge >= 0.3 is 6.18 Å². The number of carbonyl (C=O) groups is 1. The van der Waals surface area contributed by atoms with Crippen LogP contribution in [0.3, 0.4) is 0 Å². The average Bonchev–Trinajstić information content (AvgIpc) is 2.39. The summed E-state index contributed by atoms with van der Waals surface area (Å²) in [7, 11) is 0. The number of carbonyl (C=O) groups excluding carboxylic acids is 1. The predicted molar refractivity (Wildman–Crippen MR) is 65.4 cm³/mol. The van der Waals surface area contributed by atoms with Crippen molar-refractivity contribution in [3.63, 3.8) is 0 Å². The molecule has 112 valence electrons. The van der Waals surface area contributed by atoms with Gasteiger partial charge in [0.1, 0.15) is 11.8 Å². The van der Waals surface area contributed by atoms with Crippen LogP contribution >= 0.6 is 0 Å². The highest BCUT2D eigenvalue weighted by atomic mass is 19.4. The number of hydroxylamine groups is 1. The lowest BCUT2D eigenvalue weighted by Crippen LogP contribution is -2.33. The minimum Gasteiger partial charge on any atom is -0.511 e. The maximum atomic E-state index is 12.9. The molecule has 1 amide bonds. The van der Waals surface area contributed by atoms with Crippen LogP contribution in [0, 0.1) is 11.3 Å². The first-order valence-corrected chi connectivity index (χ1v) is 5.65. The maximum Gasteiger partial charge on any atom is 0.421 e. The van der Waals surface area contributed by atoms with Gasteiger partial charge in [-0.25, -0.2) is 5.48 Å². The topological polar surface area (TPSA) is 82.3 Å². The largest absolute Gasteiger partial charge is 0.511 e. The first-order chi connectivity index (χ1) is 9.77. The number of aliphatic hydroxyl groups excluding tert-OH is 1. The molecule has 1 aromatic carbocycles. The fourth-order valence-electron chi connectivity index (χ4n) is 1.41. The van der Waals surface area contributed by atoms with Gasteiger partial charge in [-0.3, -0.25) is 9.63 Å². The molecule has 1 unspecified atom stereocenters. The summed E-state index contributed by atoms with van der Waals surface area (Å²) in [4.78, 5) is 15.8. The molecule has 0 aliphatic carbocycles. The molecule has 5 nitrogen and oxygen atoms in total. The van der Waals surface area contributed by atoms with Crippen molar-refractivity contribution >= 4 is 5.91 Å². The average molecular weight is 300 g/mol. The van der Waals surface area contributed by atoms with E-state index in [1.54, 1.807) is 0 Å². The standard InChI is InChI=1S/C13H11F3N2O3/c1-8(19)10(7-17)12(20)18-21-11(13(14,15)16)9-5-3-2-4-6-9/h2-6,11,19H,1H3,(H,18,20). The summed E-state index contributed by atoms with van der Waals surface area (Å²) >= 11 is 0. The molecule has 21 heavy (non-hydrogen) atoms. The van der Waals surface area contributed by atoms with Crippen molar-refractivity contribution in [3.05, 3.63) is 47.2 Å². The first kappa shape index (κ1) is 16.5. The lowest BCUT2D eigenvalue weighted by molar-refractivity contribution is -0.239. The number of benzene rings is 1. The summed E-state index contributed by atoms with van der Waals surface area (Å²) in [6.45, 7) is 1.05. The molecule has 1 aromatic rings. The third-order valence-electron chi connectivity index (χ3n) is 2.37. The molecule has 1 atom stereocenters. The van der Waals surface area contributed by atoms with Crippen molar-refractivity contribution in [3.8, 4) is 6.07 Å². The van der Waals surface area contributed by atoms with Gasteiger partial charge < -0.3 is 5.11 Å². The quantitative estimate of drug-likeness (QED) is 0.387. The Hall–Kier alpha value is -2.53. The molecule has 0 bridgehead atoms. The monoisotopic (exact) mass is 300 g/mol. The van der Waals surface area contributed by atoms with Gasteiger partial charge in [0.25, 0.3) is 5.91 Å². The molecule has 1 rings (SSSR count). The van der Waals surface area contributed by atoms with Crippen molar-refractivity contribution in [1.82, 2.24) is 5.48 Å². The molecule has 0 radical (unpaired) electrons. The highest BCUT2D eigenvalue weighted by Gasteiger charge is 2.43. The summed E-state index contributed by atoms with van der Waals surface area (Å²) in [5.41, 5.74) is 0.574. The Kier molecular flexibility index (Phi) is 5.32. The van der Waals surface area contributed by atoms with E-state index in [0.29, 0.717) is 0 Å². The van der Waals surface area contributed by atoms with E-state index < -0.39 is 29.5 Å². The zero-order chi connectivity index (χ0) is 16.0. The first-order valence-electron chi connectivity index (χ1n) is 5.65. The number of hydrogen-bond acceptors (Lipinski definition) is 4. The fourth-order valence-corrected chi connectivity index (χ4v) is 1.41. The second kappa shape index (κ2) is 6.76. The Morgan fingerprint density at radius 3 is 2.38 bits per heavy atom. The van der Waals surface area contributed by atoms with Crippen molar-refractivity contribution < 1.29 is 27.9 Å². The van der Waals surface area contributed by atoms with E-state index in [1.807, 2.05) is 0 Å². The van der Waals surface area contributed by atoms with E-state index in [9.17, 15) is 18.0 Å². The Labute approximate surface area is 118 Å². The van der Waals surface area contributed by atoms with Crippen LogP contribution in [0.5, 0.6) is 0 Å². The number of allylic oxidation sites excluding steroid dienone is 1. The van der Waals surface area contributed by atoms with Crippen LogP contribution in [-0.4, -0.2) is 17.2 Å². The summed E-state index contributed by atoms with van der Waals surface area (Å²) in [5, 5.41) is 17.6. The molecular weight excluding hydrogens is 289 g/mol. The van der Waals surface area contributed by atoms with Crippen molar-refractivity contribution in [2.45, 2.75) is 19.2 Å². The second-order valence-electron chi connectivity index (χ2n) is 3.95. The summed E-state index contributed by atoms with van der Waals surface area (Å²) in [6.07, 6.45) is -7.15. The summed E-state index contributed by atoms with van der Waals surface area (Å²) in [6, 6.07) is 8.03. The number of rotatable bonds is 4. The smallest absolute Gasteiger partial charge is 0.421 e. The van der Waals surface area contributed by atoms with Gasteiger partial charge in [0, 0.05) is 0 Å². The summed E-state index contributed by atoms with van der Waals surface area (Å²) in [5.74, 6) is -1.88. The van der Waals surface area contributed by atoms with E-state index in [4.69, 9.17) is 10.4 Å². The molecule has 8 heteroatoms. The van der Waals surface area contributed by atoms with Crippen molar-refractivity contribution in [2.24, 2.45) is 0 Å². The lowest BCUT2D eigenvalue weighted by Gasteiger charge is -2.20.